The van der Waals surface area contributed by atoms with Crippen LogP contribution in [0, 0.1) is 0 Å². The second-order valence-electron chi connectivity index (χ2n) is 9.69. The van der Waals surface area contributed by atoms with Gasteiger partial charge < -0.3 is 24.7 Å². The van der Waals surface area contributed by atoms with Gasteiger partial charge in [0.25, 0.3) is 5.56 Å². The monoisotopic (exact) mass is 552 g/mol. The number of aromatic nitrogens is 3. The number of fused-ring (bicyclic) bond motifs is 2. The maximum Gasteiger partial charge on any atom is 0.415 e. The first-order valence-corrected chi connectivity index (χ1v) is 14.0. The van der Waals surface area contributed by atoms with Crippen LogP contribution >= 0.6 is 11.8 Å². The fourth-order valence-electron chi connectivity index (χ4n) is 4.93. The Kier molecular flexibility index (Phi) is 8.32. The molecule has 4 heterocycles. The first-order valence-electron chi connectivity index (χ1n) is 13.1. The van der Waals surface area contributed by atoms with Crippen LogP contribution in [-0.4, -0.2) is 65.1 Å². The molecule has 5 rings (SSSR count). The van der Waals surface area contributed by atoms with E-state index in [9.17, 15) is 14.4 Å². The van der Waals surface area contributed by atoms with Gasteiger partial charge in [0.2, 0.25) is 5.91 Å². The van der Waals surface area contributed by atoms with E-state index in [2.05, 4.69) is 20.6 Å². The van der Waals surface area contributed by atoms with Crippen LogP contribution in [-0.2, 0) is 16.1 Å². The topological polar surface area (TPSA) is 128 Å². The largest absolute Gasteiger partial charge is 0.495 e. The highest BCUT2D eigenvalue weighted by Crippen LogP contribution is 2.32. The van der Waals surface area contributed by atoms with Gasteiger partial charge in [0.15, 0.2) is 0 Å². The smallest absolute Gasteiger partial charge is 0.415 e. The predicted octanol–water partition coefficient (Wildman–Crippen LogP) is 3.41. The summed E-state index contributed by atoms with van der Waals surface area (Å²) < 4.78 is 12.8. The maximum absolute atomic E-state index is 12.9. The number of aryl methyl sites for hydroxylation is 1. The predicted molar refractivity (Wildman–Crippen MR) is 150 cm³/mol. The third kappa shape index (κ3) is 6.34. The van der Waals surface area contributed by atoms with Crippen molar-refractivity contribution in [2.75, 3.05) is 36.7 Å². The van der Waals surface area contributed by atoms with Crippen molar-refractivity contribution in [3.8, 4) is 5.75 Å². The number of ether oxygens (including phenoxy) is 2. The molecule has 0 saturated heterocycles. The molecular formula is C27H32N6O5S. The number of carbonyl (C=O) groups is 2. The van der Waals surface area contributed by atoms with E-state index in [0.29, 0.717) is 29.7 Å². The number of rotatable bonds is 8. The van der Waals surface area contributed by atoms with Crippen molar-refractivity contribution in [3.05, 3.63) is 46.9 Å². The summed E-state index contributed by atoms with van der Waals surface area (Å²) in [5, 5.41) is 6.32. The number of anilines is 2. The van der Waals surface area contributed by atoms with E-state index < -0.39 is 6.09 Å². The summed E-state index contributed by atoms with van der Waals surface area (Å²) in [7, 11) is 3.20. The average Bonchev–Trinajstić information content (AvgIpc) is 2.95. The second-order valence-corrected chi connectivity index (χ2v) is 10.7. The first-order chi connectivity index (χ1) is 18.9. The standard InChI is InChI=1S/C27H32N6O5S/c1-32(23-9-8-22-26(30-23)31-24(34)16-39-22)27(36)38-18-6-3-5-17(13-18)28-11-4-12-33-21-14-19(37-2)15-29-20(21)7-10-25(33)35/h7-10,14-15,17-18,28H,3-6,11-13,16H2,1-2H3,(H,30,31,34)/t17-,18+/m0/s1. The zero-order valence-corrected chi connectivity index (χ0v) is 22.8. The molecule has 1 aliphatic carbocycles. The summed E-state index contributed by atoms with van der Waals surface area (Å²) >= 11 is 1.42. The van der Waals surface area contributed by atoms with Gasteiger partial charge in [-0.2, -0.15) is 0 Å². The Morgan fingerprint density at radius 1 is 1.26 bits per heavy atom. The molecule has 0 radical (unpaired) electrons. The van der Waals surface area contributed by atoms with Gasteiger partial charge in [-0.15, -0.1) is 11.8 Å². The van der Waals surface area contributed by atoms with E-state index in [1.807, 2.05) is 12.1 Å². The summed E-state index contributed by atoms with van der Waals surface area (Å²) in [6.45, 7) is 1.29. The lowest BCUT2D eigenvalue weighted by molar-refractivity contribution is -0.113. The van der Waals surface area contributed by atoms with Gasteiger partial charge >= 0.3 is 6.09 Å². The van der Waals surface area contributed by atoms with Crippen LogP contribution < -0.4 is 25.8 Å². The van der Waals surface area contributed by atoms with Crippen LogP contribution in [0.3, 0.4) is 0 Å². The number of hydrogen-bond acceptors (Lipinski definition) is 9. The van der Waals surface area contributed by atoms with Crippen molar-refractivity contribution >= 4 is 46.4 Å². The van der Waals surface area contributed by atoms with Gasteiger partial charge in [-0.3, -0.25) is 19.5 Å². The highest BCUT2D eigenvalue weighted by Gasteiger charge is 2.27. The van der Waals surface area contributed by atoms with Crippen LogP contribution in [0.2, 0.25) is 0 Å². The number of carbonyl (C=O) groups excluding carboxylic acids is 2. The van der Waals surface area contributed by atoms with E-state index in [-0.39, 0.29) is 23.6 Å². The zero-order chi connectivity index (χ0) is 27.4. The highest BCUT2D eigenvalue weighted by molar-refractivity contribution is 8.00. The number of thioether (sulfide) groups is 1. The van der Waals surface area contributed by atoms with Crippen LogP contribution in [0.1, 0.15) is 32.1 Å². The molecule has 12 heteroatoms. The lowest BCUT2D eigenvalue weighted by atomic mass is 9.93. The van der Waals surface area contributed by atoms with Crippen molar-refractivity contribution in [2.45, 2.75) is 55.7 Å². The summed E-state index contributed by atoms with van der Waals surface area (Å²) in [4.78, 5) is 48.1. The van der Waals surface area contributed by atoms with E-state index in [0.717, 1.165) is 54.6 Å². The summed E-state index contributed by atoms with van der Waals surface area (Å²) in [6.07, 6.45) is 5.22. The molecule has 0 unspecified atom stereocenters. The molecule has 2 amide bonds. The second kappa shape index (κ2) is 12.0. The number of methoxy groups -OCH3 is 1. The lowest BCUT2D eigenvalue weighted by Crippen LogP contribution is -2.40. The number of amides is 2. The van der Waals surface area contributed by atoms with E-state index in [4.69, 9.17) is 9.47 Å². The van der Waals surface area contributed by atoms with Crippen molar-refractivity contribution in [1.82, 2.24) is 19.9 Å². The number of nitrogens with zero attached hydrogens (tertiary/aromatic N) is 4. The molecule has 2 atom stereocenters. The van der Waals surface area contributed by atoms with E-state index >= 15 is 0 Å². The van der Waals surface area contributed by atoms with Crippen LogP contribution in [0.15, 0.2) is 46.2 Å². The van der Waals surface area contributed by atoms with Gasteiger partial charge in [-0.1, -0.05) is 0 Å². The Morgan fingerprint density at radius 3 is 2.97 bits per heavy atom. The molecule has 0 bridgehead atoms. The molecule has 2 N–H and O–H groups in total. The summed E-state index contributed by atoms with van der Waals surface area (Å²) in [5.41, 5.74) is 1.44. The quantitative estimate of drug-likeness (QED) is 0.404. The van der Waals surface area contributed by atoms with Crippen molar-refractivity contribution in [3.63, 3.8) is 0 Å². The molecule has 1 saturated carbocycles. The number of pyridine rings is 3. The average molecular weight is 553 g/mol. The van der Waals surface area contributed by atoms with Gasteiger partial charge in [0.05, 0.1) is 35.0 Å². The zero-order valence-electron chi connectivity index (χ0n) is 22.0. The minimum absolute atomic E-state index is 0.0686. The molecule has 1 fully saturated rings. The molecule has 11 nitrogen and oxygen atoms in total. The van der Waals surface area contributed by atoms with Gasteiger partial charge in [-0.05, 0) is 56.8 Å². The van der Waals surface area contributed by atoms with E-state index in [1.165, 1.54) is 16.7 Å². The van der Waals surface area contributed by atoms with E-state index in [1.54, 1.807) is 43.1 Å². The minimum Gasteiger partial charge on any atom is -0.495 e. The lowest BCUT2D eigenvalue weighted by Gasteiger charge is -2.31. The van der Waals surface area contributed by atoms with Crippen LogP contribution in [0.5, 0.6) is 5.75 Å². The third-order valence-corrected chi connectivity index (χ3v) is 8.06. The molecule has 3 aromatic rings. The fraction of sp³-hybridized carbons (Fsp3) is 0.444. The molecular weight excluding hydrogens is 520 g/mol. The molecule has 3 aromatic heterocycles. The molecule has 206 valence electrons. The van der Waals surface area contributed by atoms with Crippen molar-refractivity contribution in [2.24, 2.45) is 0 Å². The fourth-order valence-corrected chi connectivity index (χ4v) is 5.68. The molecule has 0 aromatic carbocycles. The van der Waals surface area contributed by atoms with Crippen LogP contribution in [0.4, 0.5) is 16.4 Å². The Bertz CT molecular complexity index is 1430. The molecule has 0 spiro atoms. The summed E-state index contributed by atoms with van der Waals surface area (Å²) in [5.74, 6) is 1.75. The Balaban J connectivity index is 1.12. The molecule has 1 aliphatic heterocycles. The van der Waals surface area contributed by atoms with Crippen LogP contribution in [0.25, 0.3) is 11.0 Å². The van der Waals surface area contributed by atoms with Crippen molar-refractivity contribution < 1.29 is 19.1 Å². The number of hydrogen-bond donors (Lipinski definition) is 2. The maximum atomic E-state index is 12.9. The Morgan fingerprint density at radius 2 is 2.13 bits per heavy atom. The molecule has 39 heavy (non-hydrogen) atoms. The first kappa shape index (κ1) is 26.9. The molecule has 2 aliphatic rings. The normalized spacial score (nSPS) is 18.8. The summed E-state index contributed by atoms with van der Waals surface area (Å²) in [6, 6.07) is 8.94. The van der Waals surface area contributed by atoms with Gasteiger partial charge in [0, 0.05) is 31.8 Å². The Hall–Kier alpha value is -3.64. The van der Waals surface area contributed by atoms with Gasteiger partial charge in [-0.25, -0.2) is 9.78 Å². The SMILES string of the molecule is COc1cnc2ccc(=O)n(CCCN[C@H]3CCC[C@@H](OC(=O)N(C)c4ccc5c(n4)NC(=O)CS5)C3)c2c1. The highest BCUT2D eigenvalue weighted by atomic mass is 32.2. The third-order valence-electron chi connectivity index (χ3n) is 7.01. The minimum atomic E-state index is -0.470. The van der Waals surface area contributed by atoms with Gasteiger partial charge in [0.1, 0.15) is 23.5 Å². The Labute approximate surface area is 230 Å². The number of nitrogens with one attached hydrogen (secondary N) is 2. The van der Waals surface area contributed by atoms with Crippen molar-refractivity contribution in [1.29, 1.82) is 0 Å².